The molecule has 4 heterocycles. The van der Waals surface area contributed by atoms with Crippen LogP contribution < -0.4 is 4.90 Å². The maximum atomic E-state index is 9.93. The Balaban J connectivity index is 1.84. The summed E-state index contributed by atoms with van der Waals surface area (Å²) < 4.78 is 3.46. The summed E-state index contributed by atoms with van der Waals surface area (Å²) in [5.41, 5.74) is 2.03. The van der Waals surface area contributed by atoms with Gasteiger partial charge in [0.25, 0.3) is 0 Å². The number of aliphatic hydroxyl groups is 1. The average molecular weight is 357 g/mol. The van der Waals surface area contributed by atoms with Gasteiger partial charge in [0.05, 0.1) is 24.5 Å². The summed E-state index contributed by atoms with van der Waals surface area (Å²) in [7, 11) is 1.84. The minimum atomic E-state index is -0.339. The van der Waals surface area contributed by atoms with Crippen molar-refractivity contribution in [2.75, 3.05) is 18.0 Å². The molecule has 138 valence electrons. The molecule has 1 N–H and O–H groups in total. The summed E-state index contributed by atoms with van der Waals surface area (Å²) in [6.45, 7) is 8.01. The molecule has 0 radical (unpaired) electrons. The number of aromatic nitrogens is 8. The Morgan fingerprint density at radius 3 is 2.65 bits per heavy atom. The van der Waals surface area contributed by atoms with Gasteiger partial charge in [-0.15, -0.1) is 10.2 Å². The van der Waals surface area contributed by atoms with E-state index in [2.05, 4.69) is 46.3 Å². The second-order valence-corrected chi connectivity index (χ2v) is 7.78. The first-order chi connectivity index (χ1) is 12.3. The fraction of sp³-hybridized carbons (Fsp3) is 0.625. The summed E-state index contributed by atoms with van der Waals surface area (Å²) in [5.74, 6) is 1.47. The highest BCUT2D eigenvalue weighted by molar-refractivity contribution is 5.83. The number of anilines is 1. The second-order valence-electron chi connectivity index (χ2n) is 7.78. The van der Waals surface area contributed by atoms with Crippen LogP contribution in [0.1, 0.15) is 38.7 Å². The Morgan fingerprint density at radius 2 is 2.04 bits per heavy atom. The van der Waals surface area contributed by atoms with E-state index in [-0.39, 0.29) is 11.5 Å². The maximum Gasteiger partial charge on any atom is 0.184 e. The zero-order valence-electron chi connectivity index (χ0n) is 15.5. The van der Waals surface area contributed by atoms with Crippen LogP contribution in [0.4, 0.5) is 5.82 Å². The Bertz CT molecular complexity index is 939. The van der Waals surface area contributed by atoms with Crippen molar-refractivity contribution in [1.82, 2.24) is 40.0 Å². The van der Waals surface area contributed by atoms with Gasteiger partial charge in [-0.25, -0.2) is 14.6 Å². The van der Waals surface area contributed by atoms with Crippen LogP contribution >= 0.6 is 0 Å². The van der Waals surface area contributed by atoms with Crippen LogP contribution in [0.2, 0.25) is 0 Å². The zero-order chi connectivity index (χ0) is 18.5. The number of hydrogen-bond donors (Lipinski definition) is 1. The van der Waals surface area contributed by atoms with Gasteiger partial charge in [-0.05, 0) is 6.42 Å². The minimum absolute atomic E-state index is 0.218. The number of aryl methyl sites for hydroxylation is 1. The predicted octanol–water partition coefficient (Wildman–Crippen LogP) is 0.267. The zero-order valence-corrected chi connectivity index (χ0v) is 15.5. The lowest BCUT2D eigenvalue weighted by atomic mass is 9.96. The van der Waals surface area contributed by atoms with Gasteiger partial charge < -0.3 is 10.0 Å². The smallest absolute Gasteiger partial charge is 0.184 e. The van der Waals surface area contributed by atoms with Gasteiger partial charge in [0.2, 0.25) is 0 Å². The molecule has 0 amide bonds. The van der Waals surface area contributed by atoms with Gasteiger partial charge in [0.15, 0.2) is 17.0 Å². The molecule has 0 aromatic carbocycles. The molecule has 0 saturated carbocycles. The van der Waals surface area contributed by atoms with Gasteiger partial charge >= 0.3 is 0 Å². The van der Waals surface area contributed by atoms with Crippen molar-refractivity contribution in [3.63, 3.8) is 0 Å². The topological polar surface area (TPSA) is 111 Å². The Hall–Kier alpha value is -2.62. The van der Waals surface area contributed by atoms with Crippen LogP contribution in [0.3, 0.4) is 0 Å². The highest BCUT2D eigenvalue weighted by Crippen LogP contribution is 2.29. The lowest BCUT2D eigenvalue weighted by molar-refractivity contribution is 0.198. The molecule has 1 atom stereocenters. The maximum absolute atomic E-state index is 9.93. The van der Waals surface area contributed by atoms with Crippen molar-refractivity contribution >= 4 is 17.0 Å². The van der Waals surface area contributed by atoms with Gasteiger partial charge in [-0.3, -0.25) is 4.68 Å². The third-order valence-electron chi connectivity index (χ3n) is 4.60. The summed E-state index contributed by atoms with van der Waals surface area (Å²) in [6, 6.07) is 0. The predicted molar refractivity (Wildman–Crippen MR) is 94.8 cm³/mol. The van der Waals surface area contributed by atoms with Crippen molar-refractivity contribution < 1.29 is 5.11 Å². The summed E-state index contributed by atoms with van der Waals surface area (Å²) >= 11 is 0. The summed E-state index contributed by atoms with van der Waals surface area (Å²) in [5, 5.41) is 26.4. The fourth-order valence-corrected chi connectivity index (χ4v) is 3.05. The van der Waals surface area contributed by atoms with Crippen LogP contribution in [-0.4, -0.2) is 64.3 Å². The normalized spacial score (nSPS) is 18.2. The standard InChI is InChI=1S/C16H23N9O/c1-16(2,3)15-18-13(24-6-5-11(26)9-24)12-14(19-15)25(22-20-12)8-10-7-17-21-23(10)4/h7,11,26H,5-6,8-9H2,1-4H3. The largest absolute Gasteiger partial charge is 0.391 e. The van der Waals surface area contributed by atoms with Crippen molar-refractivity contribution in [2.45, 2.75) is 45.3 Å². The molecule has 1 saturated heterocycles. The lowest BCUT2D eigenvalue weighted by Crippen LogP contribution is -2.25. The third-order valence-corrected chi connectivity index (χ3v) is 4.60. The lowest BCUT2D eigenvalue weighted by Gasteiger charge is -2.21. The van der Waals surface area contributed by atoms with Crippen LogP contribution in [0.15, 0.2) is 6.20 Å². The Morgan fingerprint density at radius 1 is 1.23 bits per heavy atom. The first-order valence-corrected chi connectivity index (χ1v) is 8.71. The molecule has 0 spiro atoms. The minimum Gasteiger partial charge on any atom is -0.391 e. The highest BCUT2D eigenvalue weighted by atomic mass is 16.3. The molecule has 10 heteroatoms. The number of rotatable bonds is 3. The van der Waals surface area contributed by atoms with Gasteiger partial charge in [-0.2, -0.15) is 0 Å². The van der Waals surface area contributed by atoms with Crippen molar-refractivity contribution in [2.24, 2.45) is 7.05 Å². The van der Waals surface area contributed by atoms with E-state index in [0.29, 0.717) is 24.3 Å². The van der Waals surface area contributed by atoms with Crippen molar-refractivity contribution in [1.29, 1.82) is 0 Å². The first-order valence-electron chi connectivity index (χ1n) is 8.71. The number of β-amino-alcohol motifs (C(OH)–C–C–N with tert-alkyl or cyclic N) is 1. The number of fused-ring (bicyclic) bond motifs is 1. The second kappa shape index (κ2) is 5.97. The SMILES string of the molecule is Cn1nncc1Cn1nnc2c(N3CCC(O)C3)nc(C(C)(C)C)nc21. The third kappa shape index (κ3) is 2.90. The van der Waals surface area contributed by atoms with Crippen LogP contribution in [0.25, 0.3) is 11.2 Å². The van der Waals surface area contributed by atoms with Crippen molar-refractivity contribution in [3.8, 4) is 0 Å². The molecule has 1 fully saturated rings. The molecular weight excluding hydrogens is 334 g/mol. The van der Waals surface area contributed by atoms with Crippen LogP contribution in [0.5, 0.6) is 0 Å². The van der Waals surface area contributed by atoms with Crippen molar-refractivity contribution in [3.05, 3.63) is 17.7 Å². The number of nitrogens with zero attached hydrogens (tertiary/aromatic N) is 9. The highest BCUT2D eigenvalue weighted by Gasteiger charge is 2.28. The molecule has 26 heavy (non-hydrogen) atoms. The Kier molecular flexibility index (Phi) is 3.87. The average Bonchev–Trinajstić information content (AvgIpc) is 3.28. The summed E-state index contributed by atoms with van der Waals surface area (Å²) in [4.78, 5) is 11.6. The molecule has 3 aromatic rings. The van der Waals surface area contributed by atoms with E-state index in [4.69, 9.17) is 9.97 Å². The molecule has 10 nitrogen and oxygen atoms in total. The molecule has 0 aliphatic carbocycles. The first kappa shape index (κ1) is 16.8. The van der Waals surface area contributed by atoms with E-state index in [1.807, 2.05) is 7.05 Å². The number of hydrogen-bond acceptors (Lipinski definition) is 8. The van der Waals surface area contributed by atoms with Crippen LogP contribution in [0, 0.1) is 0 Å². The Labute approximate surface area is 150 Å². The van der Waals surface area contributed by atoms with E-state index in [9.17, 15) is 5.11 Å². The fourth-order valence-electron chi connectivity index (χ4n) is 3.05. The van der Waals surface area contributed by atoms with E-state index < -0.39 is 0 Å². The van der Waals surface area contributed by atoms with Gasteiger partial charge in [0.1, 0.15) is 5.82 Å². The molecule has 4 rings (SSSR count). The summed E-state index contributed by atoms with van der Waals surface area (Å²) in [6.07, 6.45) is 2.09. The van der Waals surface area contributed by atoms with Gasteiger partial charge in [0, 0.05) is 25.6 Å². The monoisotopic (exact) mass is 357 g/mol. The van der Waals surface area contributed by atoms with Crippen LogP contribution in [-0.2, 0) is 19.0 Å². The molecule has 1 aliphatic rings. The van der Waals surface area contributed by atoms with E-state index >= 15 is 0 Å². The van der Waals surface area contributed by atoms with E-state index in [0.717, 1.165) is 30.3 Å². The van der Waals surface area contributed by atoms with E-state index in [1.54, 1.807) is 15.6 Å². The number of aliphatic hydroxyl groups excluding tert-OH is 1. The molecular formula is C16H23N9O. The molecule has 1 unspecified atom stereocenters. The molecule has 0 bridgehead atoms. The molecule has 3 aromatic heterocycles. The van der Waals surface area contributed by atoms with E-state index in [1.165, 1.54) is 0 Å². The van der Waals surface area contributed by atoms with Gasteiger partial charge in [-0.1, -0.05) is 31.2 Å². The molecule has 1 aliphatic heterocycles. The quantitative estimate of drug-likeness (QED) is 0.711.